The second-order valence-electron chi connectivity index (χ2n) is 5.50. The van der Waals surface area contributed by atoms with Gasteiger partial charge in [-0.05, 0) is 11.6 Å². The van der Waals surface area contributed by atoms with E-state index in [4.69, 9.17) is 0 Å². The van der Waals surface area contributed by atoms with E-state index >= 15 is 0 Å². The molecule has 1 saturated heterocycles. The summed E-state index contributed by atoms with van der Waals surface area (Å²) in [5.41, 5.74) is -0.0256. The molecule has 0 amide bonds. The average molecular weight is 339 g/mol. The molecule has 0 spiro atoms. The SMILES string of the molecule is O=c1cc(N2CCNCC2)cnn1Cc1ccc(C(F)(F)F)nc1. The lowest BCUT2D eigenvalue weighted by atomic mass is 10.2. The summed E-state index contributed by atoms with van der Waals surface area (Å²) in [7, 11) is 0. The predicted octanol–water partition coefficient (Wildman–Crippen LogP) is 1.12. The third-order valence-electron chi connectivity index (χ3n) is 3.78. The number of anilines is 1. The van der Waals surface area contributed by atoms with E-state index in [-0.39, 0.29) is 12.1 Å². The second kappa shape index (κ2) is 6.60. The van der Waals surface area contributed by atoms with E-state index in [1.165, 1.54) is 16.8 Å². The Morgan fingerprint density at radius 1 is 1.17 bits per heavy atom. The molecule has 3 heterocycles. The third kappa shape index (κ3) is 3.73. The molecule has 0 aliphatic carbocycles. The lowest BCUT2D eigenvalue weighted by Crippen LogP contribution is -2.44. The van der Waals surface area contributed by atoms with Crippen LogP contribution in [0.25, 0.3) is 0 Å². The van der Waals surface area contributed by atoms with Gasteiger partial charge in [0.15, 0.2) is 0 Å². The van der Waals surface area contributed by atoms with Crippen LogP contribution < -0.4 is 15.8 Å². The molecule has 0 unspecified atom stereocenters. The maximum atomic E-state index is 12.5. The van der Waals surface area contributed by atoms with Crippen molar-refractivity contribution >= 4 is 5.69 Å². The summed E-state index contributed by atoms with van der Waals surface area (Å²) in [6, 6.07) is 3.69. The van der Waals surface area contributed by atoms with E-state index in [0.29, 0.717) is 5.56 Å². The third-order valence-corrected chi connectivity index (χ3v) is 3.78. The van der Waals surface area contributed by atoms with Crippen molar-refractivity contribution in [2.24, 2.45) is 0 Å². The van der Waals surface area contributed by atoms with Crippen molar-refractivity contribution in [2.75, 3.05) is 31.1 Å². The van der Waals surface area contributed by atoms with Gasteiger partial charge < -0.3 is 10.2 Å². The van der Waals surface area contributed by atoms with E-state index in [1.54, 1.807) is 6.20 Å². The standard InChI is InChI=1S/C15H16F3N5O/c16-15(17,18)13-2-1-11(8-20-13)10-23-14(24)7-12(9-21-23)22-5-3-19-4-6-22/h1-2,7-9,19H,3-6,10H2. The first kappa shape index (κ1) is 16.4. The summed E-state index contributed by atoms with van der Waals surface area (Å²) in [5.74, 6) is 0. The van der Waals surface area contributed by atoms with E-state index < -0.39 is 11.9 Å². The van der Waals surface area contributed by atoms with Crippen LogP contribution in [-0.2, 0) is 12.7 Å². The van der Waals surface area contributed by atoms with E-state index in [1.807, 2.05) is 0 Å². The van der Waals surface area contributed by atoms with Crippen molar-refractivity contribution in [1.82, 2.24) is 20.1 Å². The highest BCUT2D eigenvalue weighted by atomic mass is 19.4. The van der Waals surface area contributed by atoms with Crippen LogP contribution in [0.15, 0.2) is 35.4 Å². The molecule has 128 valence electrons. The Bertz CT molecular complexity index is 751. The molecule has 0 saturated carbocycles. The highest BCUT2D eigenvalue weighted by Gasteiger charge is 2.32. The van der Waals surface area contributed by atoms with Crippen molar-refractivity contribution in [3.63, 3.8) is 0 Å². The molecule has 0 atom stereocenters. The van der Waals surface area contributed by atoms with Crippen molar-refractivity contribution in [3.05, 3.63) is 52.2 Å². The molecule has 1 aliphatic rings. The normalized spacial score (nSPS) is 15.5. The van der Waals surface area contributed by atoms with Gasteiger partial charge in [0.2, 0.25) is 0 Å². The quantitative estimate of drug-likeness (QED) is 0.908. The number of aromatic nitrogens is 3. The van der Waals surface area contributed by atoms with Crippen molar-refractivity contribution in [3.8, 4) is 0 Å². The molecule has 2 aromatic rings. The van der Waals surface area contributed by atoms with Crippen LogP contribution in [0.3, 0.4) is 0 Å². The van der Waals surface area contributed by atoms with Crippen LogP contribution in [0.2, 0.25) is 0 Å². The van der Waals surface area contributed by atoms with Gasteiger partial charge in [0.05, 0.1) is 18.4 Å². The molecular weight excluding hydrogens is 323 g/mol. The zero-order valence-electron chi connectivity index (χ0n) is 12.8. The summed E-state index contributed by atoms with van der Waals surface area (Å²) in [4.78, 5) is 17.6. The first-order valence-electron chi connectivity index (χ1n) is 7.48. The van der Waals surface area contributed by atoms with Crippen LogP contribution in [0.1, 0.15) is 11.3 Å². The summed E-state index contributed by atoms with van der Waals surface area (Å²) in [5, 5.41) is 7.34. The minimum absolute atomic E-state index is 0.0752. The Morgan fingerprint density at radius 2 is 1.92 bits per heavy atom. The maximum absolute atomic E-state index is 12.5. The number of rotatable bonds is 3. The Labute approximate surface area is 135 Å². The molecule has 24 heavy (non-hydrogen) atoms. The minimum Gasteiger partial charge on any atom is -0.368 e. The van der Waals surface area contributed by atoms with Crippen molar-refractivity contribution in [1.29, 1.82) is 0 Å². The van der Waals surface area contributed by atoms with Gasteiger partial charge in [-0.1, -0.05) is 6.07 Å². The first-order valence-corrected chi connectivity index (χ1v) is 7.48. The Kier molecular flexibility index (Phi) is 4.52. The highest BCUT2D eigenvalue weighted by Crippen LogP contribution is 2.27. The number of piperazine rings is 1. The smallest absolute Gasteiger partial charge is 0.368 e. The summed E-state index contributed by atoms with van der Waals surface area (Å²) < 4.78 is 38.7. The van der Waals surface area contributed by atoms with Crippen LogP contribution in [0.4, 0.5) is 18.9 Å². The number of pyridine rings is 1. The second-order valence-corrected chi connectivity index (χ2v) is 5.50. The van der Waals surface area contributed by atoms with Crippen molar-refractivity contribution < 1.29 is 13.2 Å². The summed E-state index contributed by atoms with van der Waals surface area (Å²) in [6.45, 7) is 3.37. The maximum Gasteiger partial charge on any atom is 0.433 e. The van der Waals surface area contributed by atoms with E-state index in [0.717, 1.165) is 44.1 Å². The molecular formula is C15H16F3N5O. The molecule has 1 N–H and O–H groups in total. The zero-order chi connectivity index (χ0) is 17.2. The number of hydrogen-bond acceptors (Lipinski definition) is 5. The van der Waals surface area contributed by atoms with Gasteiger partial charge >= 0.3 is 6.18 Å². The van der Waals surface area contributed by atoms with Gasteiger partial charge in [-0.3, -0.25) is 9.78 Å². The Balaban J connectivity index is 1.74. The number of nitrogens with one attached hydrogen (secondary N) is 1. The van der Waals surface area contributed by atoms with Crippen LogP contribution in [0, 0.1) is 0 Å². The average Bonchev–Trinajstić information content (AvgIpc) is 2.57. The number of hydrogen-bond donors (Lipinski definition) is 1. The fraction of sp³-hybridized carbons (Fsp3) is 0.400. The van der Waals surface area contributed by atoms with Crippen molar-refractivity contribution in [2.45, 2.75) is 12.7 Å². The van der Waals surface area contributed by atoms with Crippen LogP contribution in [-0.4, -0.2) is 40.9 Å². The topological polar surface area (TPSA) is 63.1 Å². The molecule has 3 rings (SSSR count). The van der Waals surface area contributed by atoms with Gasteiger partial charge in [-0.25, -0.2) is 4.68 Å². The number of nitrogens with zero attached hydrogens (tertiary/aromatic N) is 4. The van der Waals surface area contributed by atoms with E-state index in [2.05, 4.69) is 20.3 Å². The monoisotopic (exact) mass is 339 g/mol. The first-order chi connectivity index (χ1) is 11.4. The molecule has 0 aromatic carbocycles. The summed E-state index contributed by atoms with van der Waals surface area (Å²) >= 11 is 0. The molecule has 1 fully saturated rings. The molecule has 0 radical (unpaired) electrons. The Morgan fingerprint density at radius 3 is 2.50 bits per heavy atom. The largest absolute Gasteiger partial charge is 0.433 e. The molecule has 6 nitrogen and oxygen atoms in total. The number of halogens is 3. The van der Waals surface area contributed by atoms with Gasteiger partial charge in [0, 0.05) is 38.4 Å². The number of alkyl halides is 3. The fourth-order valence-corrected chi connectivity index (χ4v) is 2.50. The Hall–Kier alpha value is -2.42. The predicted molar refractivity (Wildman–Crippen MR) is 81.9 cm³/mol. The lowest BCUT2D eigenvalue weighted by molar-refractivity contribution is -0.141. The molecule has 2 aromatic heterocycles. The van der Waals surface area contributed by atoms with Gasteiger partial charge in [-0.15, -0.1) is 0 Å². The molecule has 1 aliphatic heterocycles. The molecule has 0 bridgehead atoms. The highest BCUT2D eigenvalue weighted by molar-refractivity contribution is 5.43. The van der Waals surface area contributed by atoms with E-state index in [9.17, 15) is 18.0 Å². The minimum atomic E-state index is -4.47. The van der Waals surface area contributed by atoms with Gasteiger partial charge in [0.1, 0.15) is 5.69 Å². The van der Waals surface area contributed by atoms with Crippen LogP contribution in [0.5, 0.6) is 0 Å². The van der Waals surface area contributed by atoms with Gasteiger partial charge in [0.25, 0.3) is 5.56 Å². The van der Waals surface area contributed by atoms with Crippen LogP contribution >= 0.6 is 0 Å². The zero-order valence-corrected chi connectivity index (χ0v) is 12.8. The lowest BCUT2D eigenvalue weighted by Gasteiger charge is -2.28. The molecule has 9 heteroatoms. The summed E-state index contributed by atoms with van der Waals surface area (Å²) in [6.07, 6.45) is -1.76. The van der Waals surface area contributed by atoms with Gasteiger partial charge in [-0.2, -0.15) is 18.3 Å². The fourth-order valence-electron chi connectivity index (χ4n) is 2.50.